The van der Waals surface area contributed by atoms with Crippen LogP contribution in [-0.4, -0.2) is 4.98 Å². The molecule has 1 aliphatic rings. The number of thiazole rings is 1. The third-order valence-corrected chi connectivity index (χ3v) is 12.5. The predicted molar refractivity (Wildman–Crippen MR) is 216 cm³/mol. The third kappa shape index (κ3) is 4.63. The van der Waals surface area contributed by atoms with Gasteiger partial charge >= 0.3 is 0 Å². The maximum Gasteiger partial charge on any atom is 0.124 e. The van der Waals surface area contributed by atoms with Gasteiger partial charge in [-0.3, -0.25) is 0 Å². The second-order valence-electron chi connectivity index (χ2n) is 13.6. The SMILES string of the molecule is CC1(C)c2ccccc2-c2cc(N(c3ccc(-c4ccccc4)cc3)c3ccc4sc5cc6sc(-c7ccccc7)nc6cc5c4c3)ccc21. The maximum absolute atomic E-state index is 5.08. The highest BCUT2D eigenvalue weighted by molar-refractivity contribution is 7.26. The first-order valence-corrected chi connectivity index (χ1v) is 18.7. The monoisotopic (exact) mass is 676 g/mol. The van der Waals surface area contributed by atoms with E-state index in [0.29, 0.717) is 0 Å². The molecule has 0 aliphatic heterocycles. The Morgan fingerprint density at radius 2 is 1.08 bits per heavy atom. The van der Waals surface area contributed by atoms with Gasteiger partial charge < -0.3 is 4.90 Å². The van der Waals surface area contributed by atoms with Crippen molar-refractivity contribution in [3.63, 3.8) is 0 Å². The zero-order valence-corrected chi connectivity index (χ0v) is 29.4. The van der Waals surface area contributed by atoms with Gasteiger partial charge in [0.2, 0.25) is 0 Å². The average molecular weight is 677 g/mol. The van der Waals surface area contributed by atoms with Crippen LogP contribution in [0.15, 0.2) is 158 Å². The van der Waals surface area contributed by atoms with Crippen LogP contribution in [0.4, 0.5) is 17.1 Å². The number of thiophene rings is 1. The van der Waals surface area contributed by atoms with Gasteiger partial charge in [-0.15, -0.1) is 22.7 Å². The molecule has 50 heavy (non-hydrogen) atoms. The van der Waals surface area contributed by atoms with E-state index in [1.165, 1.54) is 63.8 Å². The fraction of sp³-hybridized carbons (Fsp3) is 0.0652. The highest BCUT2D eigenvalue weighted by atomic mass is 32.1. The first-order valence-electron chi connectivity index (χ1n) is 17.0. The van der Waals surface area contributed by atoms with E-state index in [9.17, 15) is 0 Å². The van der Waals surface area contributed by atoms with Crippen molar-refractivity contribution in [3.05, 3.63) is 169 Å². The van der Waals surface area contributed by atoms with Crippen molar-refractivity contribution in [2.24, 2.45) is 0 Å². The largest absolute Gasteiger partial charge is 0.310 e. The van der Waals surface area contributed by atoms with Crippen molar-refractivity contribution in [1.29, 1.82) is 0 Å². The minimum absolute atomic E-state index is 0.0392. The first kappa shape index (κ1) is 29.4. The van der Waals surface area contributed by atoms with Gasteiger partial charge in [0.15, 0.2) is 0 Å². The number of hydrogen-bond acceptors (Lipinski definition) is 4. The second-order valence-corrected chi connectivity index (χ2v) is 15.7. The predicted octanol–water partition coefficient (Wildman–Crippen LogP) is 13.8. The summed E-state index contributed by atoms with van der Waals surface area (Å²) in [6, 6.07) is 57.6. The molecule has 0 saturated heterocycles. The van der Waals surface area contributed by atoms with E-state index >= 15 is 0 Å². The number of nitrogens with zero attached hydrogens (tertiary/aromatic N) is 2. The van der Waals surface area contributed by atoms with Crippen LogP contribution < -0.4 is 4.90 Å². The van der Waals surface area contributed by atoms with E-state index < -0.39 is 0 Å². The topological polar surface area (TPSA) is 16.1 Å². The molecular formula is C46H32N2S2. The Morgan fingerprint density at radius 1 is 0.460 bits per heavy atom. The third-order valence-electron chi connectivity index (χ3n) is 10.3. The van der Waals surface area contributed by atoms with Gasteiger partial charge in [0.05, 0.1) is 10.2 Å². The molecule has 2 heterocycles. The Labute approximate surface area is 299 Å². The van der Waals surface area contributed by atoms with Crippen LogP contribution in [0, 0.1) is 0 Å². The van der Waals surface area contributed by atoms with Gasteiger partial charge in [0.25, 0.3) is 0 Å². The van der Waals surface area contributed by atoms with E-state index in [1.54, 1.807) is 11.3 Å². The number of aromatic nitrogens is 1. The quantitative estimate of drug-likeness (QED) is 0.180. The van der Waals surface area contributed by atoms with Gasteiger partial charge in [0, 0.05) is 48.2 Å². The zero-order valence-electron chi connectivity index (χ0n) is 27.7. The van der Waals surface area contributed by atoms with Crippen LogP contribution in [0.25, 0.3) is 63.2 Å². The summed E-state index contributed by atoms with van der Waals surface area (Å²) >= 11 is 3.63. The van der Waals surface area contributed by atoms with Crippen molar-refractivity contribution in [3.8, 4) is 32.8 Å². The van der Waals surface area contributed by atoms with Crippen LogP contribution in [0.2, 0.25) is 0 Å². The molecular weight excluding hydrogens is 645 g/mol. The number of benzene rings is 7. The average Bonchev–Trinajstić information content (AvgIpc) is 3.81. The molecule has 0 amide bonds. The minimum atomic E-state index is -0.0392. The number of rotatable bonds is 5. The molecule has 0 spiro atoms. The van der Waals surface area contributed by atoms with Crippen LogP contribution in [-0.2, 0) is 5.41 Å². The molecule has 0 N–H and O–H groups in total. The lowest BCUT2D eigenvalue weighted by molar-refractivity contribution is 0.660. The summed E-state index contributed by atoms with van der Waals surface area (Å²) in [5, 5.41) is 3.58. The lowest BCUT2D eigenvalue weighted by atomic mass is 9.82. The molecule has 0 bridgehead atoms. The molecule has 0 unspecified atom stereocenters. The number of fused-ring (bicyclic) bond motifs is 7. The van der Waals surface area contributed by atoms with Crippen LogP contribution in [0.3, 0.4) is 0 Å². The van der Waals surface area contributed by atoms with Crippen molar-refractivity contribution in [2.45, 2.75) is 19.3 Å². The summed E-state index contributed by atoms with van der Waals surface area (Å²) in [6.45, 7) is 4.68. The van der Waals surface area contributed by atoms with Crippen LogP contribution in [0.5, 0.6) is 0 Å². The molecule has 0 radical (unpaired) electrons. The summed E-state index contributed by atoms with van der Waals surface area (Å²) in [5.74, 6) is 0. The van der Waals surface area contributed by atoms with E-state index in [0.717, 1.165) is 27.6 Å². The molecule has 238 valence electrons. The lowest BCUT2D eigenvalue weighted by Crippen LogP contribution is -2.15. The van der Waals surface area contributed by atoms with Crippen LogP contribution in [0.1, 0.15) is 25.0 Å². The van der Waals surface area contributed by atoms with Crippen molar-refractivity contribution in [1.82, 2.24) is 4.98 Å². The Morgan fingerprint density at radius 3 is 1.88 bits per heavy atom. The molecule has 0 fully saturated rings. The van der Waals surface area contributed by atoms with Gasteiger partial charge in [-0.05, 0) is 88.0 Å². The Hall–Kier alpha value is -5.55. The fourth-order valence-corrected chi connectivity index (χ4v) is 9.93. The normalized spacial score (nSPS) is 13.2. The molecule has 7 aromatic carbocycles. The zero-order chi connectivity index (χ0) is 33.4. The maximum atomic E-state index is 5.08. The van der Waals surface area contributed by atoms with E-state index in [1.807, 2.05) is 11.3 Å². The van der Waals surface area contributed by atoms with E-state index in [2.05, 4.69) is 176 Å². The molecule has 10 rings (SSSR count). The highest BCUT2D eigenvalue weighted by Crippen LogP contribution is 2.51. The van der Waals surface area contributed by atoms with E-state index in [4.69, 9.17) is 4.98 Å². The molecule has 2 nitrogen and oxygen atoms in total. The second kappa shape index (κ2) is 11.2. The van der Waals surface area contributed by atoms with Gasteiger partial charge in [-0.1, -0.05) is 117 Å². The smallest absolute Gasteiger partial charge is 0.124 e. The first-order chi connectivity index (χ1) is 24.5. The summed E-state index contributed by atoms with van der Waals surface area (Å²) in [7, 11) is 0. The summed E-state index contributed by atoms with van der Waals surface area (Å²) in [4.78, 5) is 7.50. The molecule has 2 aromatic heterocycles. The number of hydrogen-bond donors (Lipinski definition) is 0. The van der Waals surface area contributed by atoms with Gasteiger partial charge in [-0.2, -0.15) is 0 Å². The fourth-order valence-electron chi connectivity index (χ4n) is 7.76. The summed E-state index contributed by atoms with van der Waals surface area (Å²) in [6.07, 6.45) is 0. The van der Waals surface area contributed by atoms with Gasteiger partial charge in [0.1, 0.15) is 5.01 Å². The Bertz CT molecular complexity index is 2720. The number of anilines is 3. The lowest BCUT2D eigenvalue weighted by Gasteiger charge is -2.27. The highest BCUT2D eigenvalue weighted by Gasteiger charge is 2.35. The minimum Gasteiger partial charge on any atom is -0.310 e. The van der Waals surface area contributed by atoms with Crippen molar-refractivity contribution >= 4 is 70.1 Å². The van der Waals surface area contributed by atoms with Crippen molar-refractivity contribution in [2.75, 3.05) is 4.90 Å². The molecule has 0 saturated carbocycles. The Balaban J connectivity index is 1.14. The van der Waals surface area contributed by atoms with Crippen LogP contribution >= 0.6 is 22.7 Å². The summed E-state index contributed by atoms with van der Waals surface area (Å²) < 4.78 is 3.81. The van der Waals surface area contributed by atoms with Gasteiger partial charge in [-0.25, -0.2) is 4.98 Å². The molecule has 4 heteroatoms. The summed E-state index contributed by atoms with van der Waals surface area (Å²) in [5.41, 5.74) is 13.4. The van der Waals surface area contributed by atoms with E-state index in [-0.39, 0.29) is 5.41 Å². The molecule has 9 aromatic rings. The van der Waals surface area contributed by atoms with Crippen molar-refractivity contribution < 1.29 is 0 Å². The molecule has 0 atom stereocenters. The standard InChI is InChI=1S/C46H32N2S2/c1-46(2)39-16-10-9-15-35(39)36-25-33(21-23-40(36)46)48(32-19-17-30(18-20-32)29-11-5-3-6-12-29)34-22-24-42-37(26-34)38-27-41-44(28-43(38)49-42)50-45(47-41)31-13-7-4-8-14-31/h3-28H,1-2H3. The molecule has 1 aliphatic carbocycles. The Kier molecular flexibility index (Phi) is 6.61.